The van der Waals surface area contributed by atoms with Crippen LogP contribution >= 0.6 is 0 Å². The smallest absolute Gasteiger partial charge is 0.387 e. The molecule has 1 fully saturated rings. The van der Waals surface area contributed by atoms with Gasteiger partial charge in [-0.1, -0.05) is 19.9 Å². The van der Waals surface area contributed by atoms with Gasteiger partial charge in [-0.05, 0) is 54.7 Å². The van der Waals surface area contributed by atoms with Crippen molar-refractivity contribution in [3.8, 4) is 11.5 Å². The Labute approximate surface area is 186 Å². The van der Waals surface area contributed by atoms with Gasteiger partial charge in [-0.3, -0.25) is 4.79 Å². The molecule has 0 bridgehead atoms. The van der Waals surface area contributed by atoms with Gasteiger partial charge in [-0.2, -0.15) is 13.1 Å². The number of amides is 1. The number of hydrogen-bond donors (Lipinski definition) is 1. The largest absolute Gasteiger partial charge is 0.493 e. The second-order valence-corrected chi connectivity index (χ2v) is 9.90. The number of nitrogens with zero attached hydrogens (tertiary/aromatic N) is 1. The number of rotatable bonds is 7. The molecular weight excluding hydrogens is 442 g/mol. The summed E-state index contributed by atoms with van der Waals surface area (Å²) in [6.07, 6.45) is 0.985. The van der Waals surface area contributed by atoms with Gasteiger partial charge in [0.1, 0.15) is 0 Å². The van der Waals surface area contributed by atoms with Crippen LogP contribution in [0.1, 0.15) is 30.6 Å². The summed E-state index contributed by atoms with van der Waals surface area (Å²) < 4.78 is 62.5. The van der Waals surface area contributed by atoms with Crippen molar-refractivity contribution in [3.63, 3.8) is 0 Å². The van der Waals surface area contributed by atoms with Crippen LogP contribution in [0.4, 0.5) is 14.5 Å². The zero-order chi connectivity index (χ0) is 23.5. The van der Waals surface area contributed by atoms with Crippen molar-refractivity contribution in [2.45, 2.75) is 31.8 Å². The zero-order valence-electron chi connectivity index (χ0n) is 18.0. The lowest BCUT2D eigenvalue weighted by molar-refractivity contribution is -0.0515. The van der Waals surface area contributed by atoms with E-state index < -0.39 is 22.5 Å². The Morgan fingerprint density at radius 1 is 1.09 bits per heavy atom. The Morgan fingerprint density at radius 2 is 1.72 bits per heavy atom. The fraction of sp³-hybridized carbons (Fsp3) is 0.409. The minimum Gasteiger partial charge on any atom is -0.493 e. The molecule has 0 spiro atoms. The number of benzene rings is 2. The minimum atomic E-state index is -3.65. The van der Waals surface area contributed by atoms with E-state index in [0.29, 0.717) is 18.8 Å². The summed E-state index contributed by atoms with van der Waals surface area (Å²) in [6, 6.07) is 9.94. The van der Waals surface area contributed by atoms with Gasteiger partial charge in [0.25, 0.3) is 5.91 Å². The number of para-hydroxylation sites is 1. The third-order valence-electron chi connectivity index (χ3n) is 5.24. The predicted octanol–water partition coefficient (Wildman–Crippen LogP) is 4.22. The molecule has 1 aliphatic rings. The van der Waals surface area contributed by atoms with Crippen LogP contribution in [0, 0.1) is 11.8 Å². The molecule has 1 heterocycles. The highest BCUT2D eigenvalue weighted by Gasteiger charge is 2.31. The van der Waals surface area contributed by atoms with Crippen molar-refractivity contribution < 1.29 is 31.5 Å². The number of sulfonamides is 1. The van der Waals surface area contributed by atoms with Gasteiger partial charge in [0, 0.05) is 18.8 Å². The van der Waals surface area contributed by atoms with Gasteiger partial charge in [0.05, 0.1) is 17.6 Å². The second-order valence-electron chi connectivity index (χ2n) is 7.96. The maximum absolute atomic E-state index is 13.0. The standard InChI is InChI=1S/C22H26F2N2O5S/c1-14-11-15(2)13-26(12-14)32(28,29)17-9-7-16(8-10-17)25-21(27)18-5-4-6-19(30-3)20(18)31-22(23)24/h4-10,14-15,22H,11-13H2,1-3H3,(H,25,27). The van der Waals surface area contributed by atoms with Crippen molar-refractivity contribution >= 4 is 21.6 Å². The van der Waals surface area contributed by atoms with Crippen LogP contribution < -0.4 is 14.8 Å². The molecule has 32 heavy (non-hydrogen) atoms. The van der Waals surface area contributed by atoms with Gasteiger partial charge in [0.2, 0.25) is 10.0 Å². The van der Waals surface area contributed by atoms with Crippen molar-refractivity contribution in [2.75, 3.05) is 25.5 Å². The monoisotopic (exact) mass is 468 g/mol. The molecule has 10 heteroatoms. The highest BCUT2D eigenvalue weighted by atomic mass is 32.2. The average molecular weight is 469 g/mol. The Bertz CT molecular complexity index is 1050. The van der Waals surface area contributed by atoms with E-state index >= 15 is 0 Å². The Kier molecular flexibility index (Phi) is 7.35. The van der Waals surface area contributed by atoms with E-state index in [9.17, 15) is 22.0 Å². The van der Waals surface area contributed by atoms with Gasteiger partial charge < -0.3 is 14.8 Å². The van der Waals surface area contributed by atoms with Gasteiger partial charge in [-0.25, -0.2) is 8.42 Å². The van der Waals surface area contributed by atoms with E-state index in [2.05, 4.69) is 10.1 Å². The van der Waals surface area contributed by atoms with Crippen LogP contribution in [0.15, 0.2) is 47.4 Å². The molecule has 2 aromatic rings. The summed E-state index contributed by atoms with van der Waals surface area (Å²) >= 11 is 0. The zero-order valence-corrected chi connectivity index (χ0v) is 18.9. The van der Waals surface area contributed by atoms with Crippen LogP contribution in [0.25, 0.3) is 0 Å². The molecule has 0 radical (unpaired) electrons. The normalized spacial score (nSPS) is 19.6. The molecule has 2 aromatic carbocycles. The summed E-state index contributed by atoms with van der Waals surface area (Å²) in [5, 5.41) is 2.57. The van der Waals surface area contributed by atoms with Crippen molar-refractivity contribution in [3.05, 3.63) is 48.0 Å². The van der Waals surface area contributed by atoms with E-state index in [0.717, 1.165) is 6.42 Å². The van der Waals surface area contributed by atoms with E-state index in [1.807, 2.05) is 13.8 Å². The molecule has 0 aliphatic carbocycles. The topological polar surface area (TPSA) is 84.9 Å². The number of halogens is 2. The van der Waals surface area contributed by atoms with Crippen LogP contribution in [-0.4, -0.2) is 45.4 Å². The maximum Gasteiger partial charge on any atom is 0.387 e. The SMILES string of the molecule is COc1cccc(C(=O)Nc2ccc(S(=O)(=O)N3CC(C)CC(C)C3)cc2)c1OC(F)F. The van der Waals surface area contributed by atoms with E-state index in [-0.39, 0.29) is 33.8 Å². The first kappa shape index (κ1) is 23.9. The number of piperidine rings is 1. The number of carbonyl (C=O) groups is 1. The molecule has 1 saturated heterocycles. The number of carbonyl (C=O) groups excluding carboxylic acids is 1. The van der Waals surface area contributed by atoms with Crippen LogP contribution in [0.2, 0.25) is 0 Å². The Morgan fingerprint density at radius 3 is 2.28 bits per heavy atom. The number of hydrogen-bond acceptors (Lipinski definition) is 5. The van der Waals surface area contributed by atoms with Gasteiger partial charge in [0.15, 0.2) is 11.5 Å². The lowest BCUT2D eigenvalue weighted by Gasteiger charge is -2.34. The Balaban J connectivity index is 1.78. The number of alkyl halides is 2. The lowest BCUT2D eigenvalue weighted by atomic mass is 9.94. The molecule has 0 saturated carbocycles. The number of nitrogens with one attached hydrogen (secondary N) is 1. The quantitative estimate of drug-likeness (QED) is 0.658. The lowest BCUT2D eigenvalue weighted by Crippen LogP contribution is -2.42. The highest BCUT2D eigenvalue weighted by molar-refractivity contribution is 7.89. The maximum atomic E-state index is 13.0. The van der Waals surface area contributed by atoms with E-state index in [4.69, 9.17) is 4.74 Å². The molecule has 1 N–H and O–H groups in total. The van der Waals surface area contributed by atoms with E-state index in [1.54, 1.807) is 0 Å². The van der Waals surface area contributed by atoms with Crippen molar-refractivity contribution in [2.24, 2.45) is 11.8 Å². The number of anilines is 1. The first-order valence-electron chi connectivity index (χ1n) is 10.1. The van der Waals surface area contributed by atoms with Crippen LogP contribution in [0.5, 0.6) is 11.5 Å². The third-order valence-corrected chi connectivity index (χ3v) is 7.08. The van der Waals surface area contributed by atoms with E-state index in [1.165, 1.54) is 53.9 Å². The summed E-state index contributed by atoms with van der Waals surface area (Å²) in [6.45, 7) is 1.85. The summed E-state index contributed by atoms with van der Waals surface area (Å²) in [7, 11) is -2.38. The second kappa shape index (κ2) is 9.83. The molecule has 174 valence electrons. The molecule has 1 aliphatic heterocycles. The fourth-order valence-electron chi connectivity index (χ4n) is 3.93. The third kappa shape index (κ3) is 5.36. The molecule has 0 aromatic heterocycles. The molecule has 2 atom stereocenters. The van der Waals surface area contributed by atoms with Gasteiger partial charge in [-0.15, -0.1) is 0 Å². The first-order chi connectivity index (χ1) is 15.1. The number of ether oxygens (including phenoxy) is 2. The van der Waals surface area contributed by atoms with Crippen molar-refractivity contribution in [1.29, 1.82) is 0 Å². The average Bonchev–Trinajstić information content (AvgIpc) is 2.73. The predicted molar refractivity (Wildman–Crippen MR) is 116 cm³/mol. The number of methoxy groups -OCH3 is 1. The van der Waals surface area contributed by atoms with Crippen LogP contribution in [0.3, 0.4) is 0 Å². The molecular formula is C22H26F2N2O5S. The Hall–Kier alpha value is -2.72. The summed E-state index contributed by atoms with van der Waals surface area (Å²) in [5.41, 5.74) is 0.165. The first-order valence-corrected chi connectivity index (χ1v) is 11.6. The summed E-state index contributed by atoms with van der Waals surface area (Å²) in [5.74, 6) is -0.535. The van der Waals surface area contributed by atoms with Crippen molar-refractivity contribution in [1.82, 2.24) is 4.31 Å². The minimum absolute atomic E-state index is 0.00983. The van der Waals surface area contributed by atoms with Crippen LogP contribution in [-0.2, 0) is 10.0 Å². The highest BCUT2D eigenvalue weighted by Crippen LogP contribution is 2.33. The summed E-state index contributed by atoms with van der Waals surface area (Å²) in [4.78, 5) is 12.8. The fourth-order valence-corrected chi connectivity index (χ4v) is 5.61. The molecule has 3 rings (SSSR count). The molecule has 1 amide bonds. The molecule has 7 nitrogen and oxygen atoms in total. The molecule has 2 unspecified atom stereocenters. The van der Waals surface area contributed by atoms with Gasteiger partial charge >= 0.3 is 6.61 Å².